The van der Waals surface area contributed by atoms with Gasteiger partial charge in [-0.1, -0.05) is 0 Å². The molecule has 1 atom stereocenters. The van der Waals surface area contributed by atoms with Gasteiger partial charge in [-0.3, -0.25) is 9.89 Å². The molecule has 18 heavy (non-hydrogen) atoms. The van der Waals surface area contributed by atoms with Gasteiger partial charge in [0.1, 0.15) is 0 Å². The number of nitrogens with zero attached hydrogens (tertiary/aromatic N) is 2. The molecular formula is C13H29IN4. The van der Waals surface area contributed by atoms with E-state index in [1.54, 1.807) is 0 Å². The summed E-state index contributed by atoms with van der Waals surface area (Å²) in [6.45, 7) is 9.61. The second-order valence-electron chi connectivity index (χ2n) is 6.07. The summed E-state index contributed by atoms with van der Waals surface area (Å²) < 4.78 is 0. The maximum absolute atomic E-state index is 4.24. The Morgan fingerprint density at radius 1 is 1.39 bits per heavy atom. The van der Waals surface area contributed by atoms with Crippen molar-refractivity contribution in [2.75, 3.05) is 20.6 Å². The zero-order valence-electron chi connectivity index (χ0n) is 12.6. The van der Waals surface area contributed by atoms with Crippen LogP contribution in [0.3, 0.4) is 0 Å². The number of hydrogen-bond acceptors (Lipinski definition) is 2. The lowest BCUT2D eigenvalue weighted by Crippen LogP contribution is -2.50. The molecule has 1 aliphatic carbocycles. The third-order valence-electron chi connectivity index (χ3n) is 3.10. The summed E-state index contributed by atoms with van der Waals surface area (Å²) in [5, 5.41) is 6.75. The number of rotatable bonds is 4. The topological polar surface area (TPSA) is 39.7 Å². The number of likely N-dealkylation sites (N-methyl/N-ethyl adjacent to an activating group) is 1. The monoisotopic (exact) mass is 368 g/mol. The van der Waals surface area contributed by atoms with Crippen molar-refractivity contribution in [3.63, 3.8) is 0 Å². The minimum Gasteiger partial charge on any atom is -0.355 e. The van der Waals surface area contributed by atoms with Crippen molar-refractivity contribution in [2.24, 2.45) is 4.99 Å². The fraction of sp³-hybridized carbons (Fsp3) is 0.923. The molecule has 0 aliphatic heterocycles. The Hall–Kier alpha value is -0.0400. The molecule has 0 saturated heterocycles. The molecule has 0 radical (unpaired) electrons. The Kier molecular flexibility index (Phi) is 7.51. The number of guanidine groups is 1. The van der Waals surface area contributed by atoms with Gasteiger partial charge in [-0.2, -0.15) is 0 Å². The number of nitrogens with one attached hydrogen (secondary N) is 2. The molecule has 0 bridgehead atoms. The molecule has 2 N–H and O–H groups in total. The van der Waals surface area contributed by atoms with Gasteiger partial charge in [0, 0.05) is 31.2 Å². The third-order valence-corrected chi connectivity index (χ3v) is 3.10. The minimum absolute atomic E-state index is 0. The zero-order valence-corrected chi connectivity index (χ0v) is 14.9. The van der Waals surface area contributed by atoms with E-state index in [2.05, 4.69) is 55.3 Å². The van der Waals surface area contributed by atoms with Gasteiger partial charge in [-0.05, 0) is 47.6 Å². The Morgan fingerprint density at radius 3 is 2.33 bits per heavy atom. The average molecular weight is 368 g/mol. The molecule has 0 spiro atoms. The van der Waals surface area contributed by atoms with Gasteiger partial charge in [-0.15, -0.1) is 24.0 Å². The van der Waals surface area contributed by atoms with E-state index < -0.39 is 0 Å². The first-order valence-corrected chi connectivity index (χ1v) is 6.54. The third kappa shape index (κ3) is 6.78. The normalized spacial score (nSPS) is 18.3. The van der Waals surface area contributed by atoms with Crippen molar-refractivity contribution in [1.29, 1.82) is 0 Å². The maximum atomic E-state index is 4.24. The molecule has 4 nitrogen and oxygen atoms in total. The summed E-state index contributed by atoms with van der Waals surface area (Å²) in [6, 6.07) is 1.35. The van der Waals surface area contributed by atoms with Crippen molar-refractivity contribution in [3.8, 4) is 0 Å². The van der Waals surface area contributed by atoms with Crippen LogP contribution < -0.4 is 10.6 Å². The molecule has 0 amide bonds. The van der Waals surface area contributed by atoms with Crippen LogP contribution in [0.4, 0.5) is 0 Å². The Labute approximate surface area is 129 Å². The predicted molar refractivity (Wildman–Crippen MR) is 89.9 cm³/mol. The summed E-state index contributed by atoms with van der Waals surface area (Å²) in [4.78, 5) is 6.70. The molecule has 1 aliphatic rings. The fourth-order valence-corrected chi connectivity index (χ4v) is 1.76. The highest BCUT2D eigenvalue weighted by molar-refractivity contribution is 14.0. The first kappa shape index (κ1) is 18.0. The number of aliphatic imine (C=N–C) groups is 1. The first-order chi connectivity index (χ1) is 7.83. The maximum Gasteiger partial charge on any atom is 0.191 e. The standard InChI is InChI=1S/C13H28N4.HI/c1-10(17(6)11-7-8-11)9-15-12(14-5)16-13(2,3)4;/h10-11H,7-9H2,1-6H3,(H2,14,15,16);1H. The van der Waals surface area contributed by atoms with Crippen LogP contribution in [0.15, 0.2) is 4.99 Å². The molecular weight excluding hydrogens is 339 g/mol. The largest absolute Gasteiger partial charge is 0.355 e. The minimum atomic E-state index is 0. The number of halogens is 1. The van der Waals surface area contributed by atoms with E-state index in [0.717, 1.165) is 18.5 Å². The summed E-state index contributed by atoms with van der Waals surface area (Å²) >= 11 is 0. The van der Waals surface area contributed by atoms with Gasteiger partial charge in [0.05, 0.1) is 0 Å². The van der Waals surface area contributed by atoms with E-state index in [1.165, 1.54) is 12.8 Å². The Balaban J connectivity index is 0.00000289. The number of hydrogen-bond donors (Lipinski definition) is 2. The summed E-state index contributed by atoms with van der Waals surface area (Å²) in [6.07, 6.45) is 2.71. The highest BCUT2D eigenvalue weighted by Crippen LogP contribution is 2.26. The molecule has 0 aromatic rings. The van der Waals surface area contributed by atoms with E-state index in [4.69, 9.17) is 0 Å². The van der Waals surface area contributed by atoms with Crippen LogP contribution in [0.2, 0.25) is 0 Å². The summed E-state index contributed by atoms with van der Waals surface area (Å²) in [7, 11) is 4.03. The quantitative estimate of drug-likeness (QED) is 0.453. The molecule has 0 aromatic carbocycles. The van der Waals surface area contributed by atoms with Crippen molar-refractivity contribution in [1.82, 2.24) is 15.5 Å². The molecule has 1 unspecified atom stereocenters. The van der Waals surface area contributed by atoms with Crippen molar-refractivity contribution in [2.45, 2.75) is 58.2 Å². The van der Waals surface area contributed by atoms with Gasteiger partial charge < -0.3 is 10.6 Å². The van der Waals surface area contributed by atoms with Crippen LogP contribution in [0, 0.1) is 0 Å². The lowest BCUT2D eigenvalue weighted by atomic mass is 10.1. The first-order valence-electron chi connectivity index (χ1n) is 6.54. The molecule has 1 saturated carbocycles. The van der Waals surface area contributed by atoms with Crippen molar-refractivity contribution >= 4 is 29.9 Å². The van der Waals surface area contributed by atoms with E-state index in [1.807, 2.05) is 7.05 Å². The van der Waals surface area contributed by atoms with E-state index in [0.29, 0.717) is 6.04 Å². The smallest absolute Gasteiger partial charge is 0.191 e. The van der Waals surface area contributed by atoms with Gasteiger partial charge >= 0.3 is 0 Å². The lowest BCUT2D eigenvalue weighted by Gasteiger charge is -2.28. The van der Waals surface area contributed by atoms with Gasteiger partial charge in [0.25, 0.3) is 0 Å². The van der Waals surface area contributed by atoms with Crippen molar-refractivity contribution < 1.29 is 0 Å². The molecule has 1 rings (SSSR count). The van der Waals surface area contributed by atoms with Crippen LogP contribution in [-0.4, -0.2) is 49.1 Å². The Morgan fingerprint density at radius 2 is 1.94 bits per heavy atom. The zero-order chi connectivity index (χ0) is 13.1. The molecule has 5 heteroatoms. The van der Waals surface area contributed by atoms with Crippen LogP contribution in [-0.2, 0) is 0 Å². The van der Waals surface area contributed by atoms with Crippen LogP contribution >= 0.6 is 24.0 Å². The van der Waals surface area contributed by atoms with Gasteiger partial charge in [-0.25, -0.2) is 0 Å². The average Bonchev–Trinajstić information content (AvgIpc) is 3.04. The fourth-order valence-electron chi connectivity index (χ4n) is 1.76. The van der Waals surface area contributed by atoms with Gasteiger partial charge in [0.2, 0.25) is 0 Å². The summed E-state index contributed by atoms with van der Waals surface area (Å²) in [5.41, 5.74) is 0.0491. The highest BCUT2D eigenvalue weighted by Gasteiger charge is 2.29. The molecule has 0 heterocycles. The predicted octanol–water partition coefficient (Wildman–Crippen LogP) is 2.05. The SMILES string of the molecule is CN=C(NCC(C)N(C)C1CC1)NC(C)(C)C.I. The van der Waals surface area contributed by atoms with Crippen LogP contribution in [0.1, 0.15) is 40.5 Å². The van der Waals surface area contributed by atoms with E-state index in [9.17, 15) is 0 Å². The highest BCUT2D eigenvalue weighted by atomic mass is 127. The van der Waals surface area contributed by atoms with Crippen molar-refractivity contribution in [3.05, 3.63) is 0 Å². The molecule has 0 aromatic heterocycles. The Bertz CT molecular complexity index is 269. The van der Waals surface area contributed by atoms with Crippen LogP contribution in [0.25, 0.3) is 0 Å². The van der Waals surface area contributed by atoms with E-state index in [-0.39, 0.29) is 29.5 Å². The summed E-state index contributed by atoms with van der Waals surface area (Å²) in [5.74, 6) is 0.883. The van der Waals surface area contributed by atoms with Gasteiger partial charge in [0.15, 0.2) is 5.96 Å². The second-order valence-corrected chi connectivity index (χ2v) is 6.07. The lowest BCUT2D eigenvalue weighted by molar-refractivity contribution is 0.247. The molecule has 1 fully saturated rings. The van der Waals surface area contributed by atoms with Crippen LogP contribution in [0.5, 0.6) is 0 Å². The second kappa shape index (κ2) is 7.53. The molecule has 108 valence electrons. The van der Waals surface area contributed by atoms with E-state index >= 15 is 0 Å².